The minimum atomic E-state index is -1.06. The van der Waals surface area contributed by atoms with Crippen molar-refractivity contribution < 1.29 is 5.11 Å². The molecular formula is C20H16O. The van der Waals surface area contributed by atoms with Crippen LogP contribution in [-0.4, -0.2) is 5.11 Å². The van der Waals surface area contributed by atoms with Crippen LogP contribution in [0.25, 0.3) is 0 Å². The monoisotopic (exact) mass is 272 g/mol. The molecule has 0 unspecified atom stereocenters. The van der Waals surface area contributed by atoms with Crippen LogP contribution < -0.4 is 0 Å². The topological polar surface area (TPSA) is 20.2 Å². The summed E-state index contributed by atoms with van der Waals surface area (Å²) in [6.45, 7) is 0. The molecule has 0 atom stereocenters. The van der Waals surface area contributed by atoms with Gasteiger partial charge in [-0.1, -0.05) is 78.9 Å². The average Bonchev–Trinajstić information content (AvgIpc) is 2.56. The van der Waals surface area contributed by atoms with Gasteiger partial charge in [-0.15, -0.1) is 0 Å². The summed E-state index contributed by atoms with van der Waals surface area (Å²) >= 11 is 0. The van der Waals surface area contributed by atoms with Crippen LogP contribution in [0.3, 0.4) is 0 Å². The lowest BCUT2D eigenvalue weighted by molar-refractivity contribution is 0.121. The SMILES string of the molecule is OC1(c2ccccc2)c2ccccc2Cc2ccccc21. The lowest BCUT2D eigenvalue weighted by atomic mass is 9.71. The van der Waals surface area contributed by atoms with Crippen molar-refractivity contribution in [2.24, 2.45) is 0 Å². The van der Waals surface area contributed by atoms with Crippen LogP contribution in [0.4, 0.5) is 0 Å². The Morgan fingerprint density at radius 3 is 1.67 bits per heavy atom. The standard InChI is InChI=1S/C20H16O/c21-20(17-10-2-1-3-11-17)18-12-6-4-8-15(18)14-16-9-5-7-13-19(16)20/h1-13,21H,14H2. The number of fused-ring (bicyclic) bond motifs is 2. The molecule has 102 valence electrons. The highest BCUT2D eigenvalue weighted by molar-refractivity contribution is 5.57. The largest absolute Gasteiger partial charge is 0.376 e. The smallest absolute Gasteiger partial charge is 0.141 e. The first kappa shape index (κ1) is 12.4. The van der Waals surface area contributed by atoms with Gasteiger partial charge in [0, 0.05) is 0 Å². The van der Waals surface area contributed by atoms with E-state index in [9.17, 15) is 5.11 Å². The van der Waals surface area contributed by atoms with Gasteiger partial charge in [-0.05, 0) is 34.2 Å². The summed E-state index contributed by atoms with van der Waals surface area (Å²) in [6, 6.07) is 26.3. The summed E-state index contributed by atoms with van der Waals surface area (Å²) in [5, 5.41) is 11.6. The highest BCUT2D eigenvalue weighted by Crippen LogP contribution is 2.43. The molecule has 1 aliphatic carbocycles. The third-order valence-electron chi connectivity index (χ3n) is 4.39. The second kappa shape index (κ2) is 4.57. The molecule has 0 amide bonds. The summed E-state index contributed by atoms with van der Waals surface area (Å²) in [5.74, 6) is 0. The molecule has 0 heterocycles. The Kier molecular flexibility index (Phi) is 2.69. The molecule has 4 rings (SSSR count). The summed E-state index contributed by atoms with van der Waals surface area (Å²) in [7, 11) is 0. The zero-order chi connectivity index (χ0) is 14.3. The van der Waals surface area contributed by atoms with Gasteiger partial charge in [0.15, 0.2) is 0 Å². The van der Waals surface area contributed by atoms with Crippen LogP contribution >= 0.6 is 0 Å². The highest BCUT2D eigenvalue weighted by atomic mass is 16.3. The molecule has 0 bridgehead atoms. The van der Waals surface area contributed by atoms with Crippen LogP contribution in [0, 0.1) is 0 Å². The van der Waals surface area contributed by atoms with Gasteiger partial charge in [0.25, 0.3) is 0 Å². The predicted molar refractivity (Wildman–Crippen MR) is 84.2 cm³/mol. The Balaban J connectivity index is 2.06. The molecule has 0 aliphatic heterocycles. The van der Waals surface area contributed by atoms with Gasteiger partial charge in [-0.25, -0.2) is 0 Å². The molecule has 3 aromatic rings. The molecule has 0 saturated heterocycles. The highest BCUT2D eigenvalue weighted by Gasteiger charge is 2.39. The molecule has 3 aromatic carbocycles. The predicted octanol–water partition coefficient (Wildman–Crippen LogP) is 3.88. The van der Waals surface area contributed by atoms with Crippen LogP contribution in [-0.2, 0) is 12.0 Å². The lowest BCUT2D eigenvalue weighted by Crippen LogP contribution is -2.34. The third-order valence-corrected chi connectivity index (χ3v) is 4.39. The molecule has 0 aromatic heterocycles. The van der Waals surface area contributed by atoms with E-state index in [0.717, 1.165) is 23.1 Å². The molecule has 1 heteroatoms. The van der Waals surface area contributed by atoms with Crippen LogP contribution in [0.5, 0.6) is 0 Å². The summed E-state index contributed by atoms with van der Waals surface area (Å²) in [4.78, 5) is 0. The van der Waals surface area contributed by atoms with Crippen LogP contribution in [0.2, 0.25) is 0 Å². The summed E-state index contributed by atoms with van der Waals surface area (Å²) in [5.41, 5.74) is 4.24. The summed E-state index contributed by atoms with van der Waals surface area (Å²) < 4.78 is 0. The number of hydrogen-bond donors (Lipinski definition) is 1. The Hall–Kier alpha value is -2.38. The van der Waals surface area contributed by atoms with Crippen LogP contribution in [0.15, 0.2) is 78.9 Å². The number of aliphatic hydroxyl groups is 1. The van der Waals surface area contributed by atoms with Gasteiger partial charge in [0.2, 0.25) is 0 Å². The van der Waals surface area contributed by atoms with Gasteiger partial charge >= 0.3 is 0 Å². The van der Waals surface area contributed by atoms with Gasteiger partial charge in [-0.2, -0.15) is 0 Å². The maximum absolute atomic E-state index is 11.6. The van der Waals surface area contributed by atoms with E-state index in [4.69, 9.17) is 0 Å². The first-order valence-corrected chi connectivity index (χ1v) is 7.25. The molecule has 0 saturated carbocycles. The van der Waals surface area contributed by atoms with Gasteiger partial charge in [-0.3, -0.25) is 0 Å². The second-order valence-corrected chi connectivity index (χ2v) is 5.57. The fourth-order valence-corrected chi connectivity index (χ4v) is 3.40. The molecule has 0 spiro atoms. The minimum absolute atomic E-state index is 0.876. The first-order valence-electron chi connectivity index (χ1n) is 7.25. The first-order chi connectivity index (χ1) is 10.3. The zero-order valence-electron chi connectivity index (χ0n) is 11.7. The fourth-order valence-electron chi connectivity index (χ4n) is 3.40. The van der Waals surface area contributed by atoms with Crippen molar-refractivity contribution >= 4 is 0 Å². The van der Waals surface area contributed by atoms with E-state index in [1.807, 2.05) is 66.7 Å². The molecule has 1 aliphatic rings. The number of rotatable bonds is 1. The quantitative estimate of drug-likeness (QED) is 0.713. The maximum atomic E-state index is 11.6. The van der Waals surface area contributed by atoms with Gasteiger partial charge < -0.3 is 5.11 Å². The minimum Gasteiger partial charge on any atom is -0.376 e. The fraction of sp³-hybridized carbons (Fsp3) is 0.100. The van der Waals surface area contributed by atoms with Gasteiger partial charge in [0.1, 0.15) is 5.60 Å². The van der Waals surface area contributed by atoms with E-state index >= 15 is 0 Å². The Morgan fingerprint density at radius 1 is 0.619 bits per heavy atom. The maximum Gasteiger partial charge on any atom is 0.141 e. The van der Waals surface area contributed by atoms with E-state index in [0.29, 0.717) is 0 Å². The molecular weight excluding hydrogens is 256 g/mol. The Morgan fingerprint density at radius 2 is 1.10 bits per heavy atom. The zero-order valence-corrected chi connectivity index (χ0v) is 11.7. The lowest BCUT2D eigenvalue weighted by Gasteiger charge is -2.37. The molecule has 1 nitrogen and oxygen atoms in total. The average molecular weight is 272 g/mol. The number of benzene rings is 3. The Bertz CT molecular complexity index is 744. The van der Waals surface area contributed by atoms with E-state index in [2.05, 4.69) is 12.1 Å². The van der Waals surface area contributed by atoms with Crippen molar-refractivity contribution in [1.82, 2.24) is 0 Å². The van der Waals surface area contributed by atoms with Crippen molar-refractivity contribution in [2.45, 2.75) is 12.0 Å². The molecule has 0 fully saturated rings. The van der Waals surface area contributed by atoms with Crippen molar-refractivity contribution in [3.63, 3.8) is 0 Å². The van der Waals surface area contributed by atoms with E-state index in [-0.39, 0.29) is 0 Å². The van der Waals surface area contributed by atoms with E-state index in [1.54, 1.807) is 0 Å². The van der Waals surface area contributed by atoms with Gasteiger partial charge in [0.05, 0.1) is 0 Å². The Labute approximate surface area is 124 Å². The van der Waals surface area contributed by atoms with Crippen molar-refractivity contribution in [2.75, 3.05) is 0 Å². The van der Waals surface area contributed by atoms with Crippen molar-refractivity contribution in [3.05, 3.63) is 107 Å². The van der Waals surface area contributed by atoms with Crippen LogP contribution in [0.1, 0.15) is 27.8 Å². The van der Waals surface area contributed by atoms with E-state index < -0.39 is 5.60 Å². The summed E-state index contributed by atoms with van der Waals surface area (Å²) in [6.07, 6.45) is 0.876. The normalized spacial score (nSPS) is 15.1. The van der Waals surface area contributed by atoms with Crippen molar-refractivity contribution in [1.29, 1.82) is 0 Å². The molecule has 0 radical (unpaired) electrons. The second-order valence-electron chi connectivity index (χ2n) is 5.57. The van der Waals surface area contributed by atoms with E-state index in [1.165, 1.54) is 11.1 Å². The molecule has 21 heavy (non-hydrogen) atoms. The van der Waals surface area contributed by atoms with Crippen molar-refractivity contribution in [3.8, 4) is 0 Å². The number of hydrogen-bond acceptors (Lipinski definition) is 1. The third kappa shape index (κ3) is 1.75. The molecule has 1 N–H and O–H groups in total.